The Balaban J connectivity index is 1.82. The first-order valence-corrected chi connectivity index (χ1v) is 25.2. The molecule has 7 N–H and O–H groups in total. The van der Waals surface area contributed by atoms with Crippen molar-refractivity contribution in [1.29, 1.82) is 0 Å². The van der Waals surface area contributed by atoms with Gasteiger partial charge in [-0.25, -0.2) is 0 Å². The molecule has 0 aromatic carbocycles. The van der Waals surface area contributed by atoms with Crippen LogP contribution in [0, 0.1) is 0 Å². The third-order valence-electron chi connectivity index (χ3n) is 11.4. The van der Waals surface area contributed by atoms with Gasteiger partial charge in [0.15, 0.2) is 18.7 Å². The molecule has 0 radical (unpaired) electrons. The molecule has 11 atom stereocenters. The molecule has 0 spiro atoms. The maximum absolute atomic E-state index is 13.0. The predicted molar refractivity (Wildman–Crippen MR) is 261 cm³/mol. The molecule has 2 aliphatic rings. The number of aliphatic hydroxyl groups is 7. The lowest BCUT2D eigenvalue weighted by Crippen LogP contribution is -2.61. The van der Waals surface area contributed by atoms with Crippen LogP contribution in [-0.4, -0.2) is 142 Å². The molecule has 0 amide bonds. The minimum atomic E-state index is -1.78. The summed E-state index contributed by atoms with van der Waals surface area (Å²) in [5.74, 6) is -0.975. The Labute approximate surface area is 405 Å². The average Bonchev–Trinajstić information content (AvgIpc) is 3.33. The smallest absolute Gasteiger partial charge is 0.306 e. The van der Waals surface area contributed by atoms with Crippen molar-refractivity contribution >= 4 is 11.9 Å². The maximum atomic E-state index is 13.0. The highest BCUT2D eigenvalue weighted by Crippen LogP contribution is 2.26. The van der Waals surface area contributed by atoms with Gasteiger partial charge < -0.3 is 64.2 Å². The summed E-state index contributed by atoms with van der Waals surface area (Å²) in [7, 11) is 0. The number of ether oxygens (including phenoxy) is 6. The Morgan fingerprint density at radius 3 is 1.54 bits per heavy atom. The second kappa shape index (κ2) is 39.4. The second-order valence-corrected chi connectivity index (χ2v) is 17.3. The van der Waals surface area contributed by atoms with Crippen molar-refractivity contribution in [1.82, 2.24) is 0 Å². The number of esters is 2. The number of carbonyl (C=O) groups excluding carboxylic acids is 2. The van der Waals surface area contributed by atoms with Crippen molar-refractivity contribution in [3.63, 3.8) is 0 Å². The molecule has 0 aromatic rings. The van der Waals surface area contributed by atoms with Gasteiger partial charge >= 0.3 is 11.9 Å². The van der Waals surface area contributed by atoms with Crippen molar-refractivity contribution < 1.29 is 73.8 Å². The predicted octanol–water partition coefficient (Wildman–Crippen LogP) is 6.82. The molecule has 5 unspecified atom stereocenters. The third-order valence-corrected chi connectivity index (χ3v) is 11.4. The molecule has 15 heteroatoms. The van der Waals surface area contributed by atoms with Crippen molar-refractivity contribution in [3.8, 4) is 0 Å². The van der Waals surface area contributed by atoms with Crippen molar-refractivity contribution in [2.45, 2.75) is 210 Å². The van der Waals surface area contributed by atoms with E-state index in [0.717, 1.165) is 103 Å². The number of hydrogen-bond donors (Lipinski definition) is 7. The monoisotopic (exact) mass is 963 g/mol. The zero-order valence-corrected chi connectivity index (χ0v) is 40.8. The molecular weight excluding hydrogens is 877 g/mol. The first-order chi connectivity index (χ1) is 33.0. The number of allylic oxidation sites excluding steroid dienone is 14. The van der Waals surface area contributed by atoms with Gasteiger partial charge in [0.2, 0.25) is 0 Å². The Morgan fingerprint density at radius 2 is 0.956 bits per heavy atom. The summed E-state index contributed by atoms with van der Waals surface area (Å²) < 4.78 is 33.5. The number of aliphatic hydroxyl groups excluding tert-OH is 7. The van der Waals surface area contributed by atoms with Gasteiger partial charge in [0.1, 0.15) is 55.4 Å². The van der Waals surface area contributed by atoms with E-state index in [-0.39, 0.29) is 19.4 Å². The van der Waals surface area contributed by atoms with E-state index >= 15 is 0 Å². The molecule has 2 rings (SSSR count). The van der Waals surface area contributed by atoms with Crippen LogP contribution in [0.4, 0.5) is 0 Å². The van der Waals surface area contributed by atoms with Crippen LogP contribution >= 0.6 is 0 Å². The first-order valence-electron chi connectivity index (χ1n) is 25.2. The quantitative estimate of drug-likeness (QED) is 0.0147. The second-order valence-electron chi connectivity index (χ2n) is 17.3. The van der Waals surface area contributed by atoms with Gasteiger partial charge in [-0.1, -0.05) is 144 Å². The highest BCUT2D eigenvalue weighted by atomic mass is 16.7. The summed E-state index contributed by atoms with van der Waals surface area (Å²) >= 11 is 0. The van der Waals surface area contributed by atoms with E-state index in [1.54, 1.807) is 0 Å². The van der Waals surface area contributed by atoms with Crippen LogP contribution in [0.2, 0.25) is 0 Å². The number of carbonyl (C=O) groups is 2. The lowest BCUT2D eigenvalue weighted by molar-refractivity contribution is -0.332. The molecule has 68 heavy (non-hydrogen) atoms. The summed E-state index contributed by atoms with van der Waals surface area (Å²) in [6.07, 6.45) is 30.4. The maximum Gasteiger partial charge on any atom is 0.306 e. The van der Waals surface area contributed by atoms with Crippen LogP contribution in [0.3, 0.4) is 0 Å². The highest BCUT2D eigenvalue weighted by Gasteiger charge is 2.47. The fourth-order valence-corrected chi connectivity index (χ4v) is 7.32. The van der Waals surface area contributed by atoms with Crippen LogP contribution in [0.5, 0.6) is 0 Å². The van der Waals surface area contributed by atoms with Crippen molar-refractivity contribution in [3.05, 3.63) is 85.1 Å². The largest absolute Gasteiger partial charge is 0.462 e. The molecule has 388 valence electrons. The zero-order valence-electron chi connectivity index (χ0n) is 40.8. The van der Waals surface area contributed by atoms with Crippen molar-refractivity contribution in [2.75, 3.05) is 26.4 Å². The van der Waals surface area contributed by atoms with Gasteiger partial charge in [-0.15, -0.1) is 0 Å². The number of hydrogen-bond acceptors (Lipinski definition) is 15. The van der Waals surface area contributed by atoms with Crippen molar-refractivity contribution in [2.24, 2.45) is 0 Å². The SMILES string of the molecule is CC/C=C/C=C/C=C/CCCCCCCC(=O)OC(COC(=O)CCCCCCCC/C=C/C/C=C/C/C=C/C/C=C/CC)CO[C@@H]1O[C@H](CO[C@@H]2O[C@H](CO)[C@H](O)C(O)C2O)[C@H](O)C(O)C1O. The van der Waals surface area contributed by atoms with E-state index in [1.165, 1.54) is 0 Å². The summed E-state index contributed by atoms with van der Waals surface area (Å²) in [6.45, 7) is 2.28. The Morgan fingerprint density at radius 1 is 0.485 bits per heavy atom. The Hall–Kier alpha value is -3.32. The fourth-order valence-electron chi connectivity index (χ4n) is 7.32. The van der Waals surface area contributed by atoms with Gasteiger partial charge in [-0.05, 0) is 70.6 Å². The van der Waals surface area contributed by atoms with Crippen LogP contribution < -0.4 is 0 Å². The van der Waals surface area contributed by atoms with E-state index in [9.17, 15) is 45.3 Å². The van der Waals surface area contributed by atoms with Gasteiger partial charge in [0.05, 0.1) is 19.8 Å². The topological polar surface area (TPSA) is 231 Å². The van der Waals surface area contributed by atoms with E-state index in [2.05, 4.69) is 74.6 Å². The molecule has 2 heterocycles. The summed E-state index contributed by atoms with van der Waals surface area (Å²) in [4.78, 5) is 25.7. The molecule has 2 saturated heterocycles. The molecule has 0 aromatic heterocycles. The molecule has 0 saturated carbocycles. The van der Waals surface area contributed by atoms with Gasteiger partial charge in [-0.2, -0.15) is 0 Å². The van der Waals surface area contributed by atoms with E-state index in [4.69, 9.17) is 28.4 Å². The van der Waals surface area contributed by atoms with E-state index < -0.39 is 99.3 Å². The van der Waals surface area contributed by atoms with Gasteiger partial charge in [-0.3, -0.25) is 9.59 Å². The molecular formula is C53H86O15. The zero-order chi connectivity index (χ0) is 49.6. The number of rotatable bonds is 37. The lowest BCUT2D eigenvalue weighted by Gasteiger charge is -2.42. The standard InChI is InChI=1S/C53H86O15/c1-3-5-7-9-11-13-15-17-18-19-20-21-22-24-25-27-29-31-33-35-44(55)63-38-41(66-45(56)36-34-32-30-28-26-23-16-14-12-10-8-6-4-2)39-64-52-51(62)49(60)47(58)43(68-52)40-65-53-50(61)48(59)46(57)42(37-54)67-53/h5-8,10-14,16-18,20-21,41-43,46-54,57-62H,3-4,9,15,19,22-40H2,1-2H3/b7-5+,8-6+,12-10+,13-11+,16-14+,18-17+,21-20+/t41?,42-,43-,46+,47+,48?,49?,50?,51?,52-,53-/m1/s1. The summed E-state index contributed by atoms with van der Waals surface area (Å²) in [6, 6.07) is 0. The highest BCUT2D eigenvalue weighted by molar-refractivity contribution is 5.70. The first kappa shape index (κ1) is 60.8. The molecule has 2 aliphatic heterocycles. The average molecular weight is 963 g/mol. The Kier molecular flexibility index (Phi) is 35.2. The Bertz CT molecular complexity index is 1510. The summed E-state index contributed by atoms with van der Waals surface area (Å²) in [5.41, 5.74) is 0. The van der Waals surface area contributed by atoms with E-state index in [0.29, 0.717) is 12.8 Å². The van der Waals surface area contributed by atoms with Gasteiger partial charge in [0.25, 0.3) is 0 Å². The lowest BCUT2D eigenvalue weighted by atomic mass is 9.98. The summed E-state index contributed by atoms with van der Waals surface area (Å²) in [5, 5.41) is 72.0. The van der Waals surface area contributed by atoms with Crippen LogP contribution in [-0.2, 0) is 38.0 Å². The fraction of sp³-hybridized carbons (Fsp3) is 0.698. The molecule has 0 bridgehead atoms. The molecule has 2 fully saturated rings. The van der Waals surface area contributed by atoms with Crippen LogP contribution in [0.15, 0.2) is 85.1 Å². The van der Waals surface area contributed by atoms with E-state index in [1.807, 2.05) is 24.3 Å². The molecule has 15 nitrogen and oxygen atoms in total. The number of unbranched alkanes of at least 4 members (excludes halogenated alkanes) is 11. The minimum Gasteiger partial charge on any atom is -0.462 e. The normalized spacial score (nSPS) is 26.5. The van der Waals surface area contributed by atoms with Crippen LogP contribution in [0.1, 0.15) is 142 Å². The van der Waals surface area contributed by atoms with Crippen LogP contribution in [0.25, 0.3) is 0 Å². The molecule has 0 aliphatic carbocycles. The third kappa shape index (κ3) is 27.2. The van der Waals surface area contributed by atoms with Gasteiger partial charge in [0, 0.05) is 12.8 Å². The minimum absolute atomic E-state index is 0.134.